The van der Waals surface area contributed by atoms with E-state index in [2.05, 4.69) is 32.2 Å². The molecule has 0 unspecified atom stereocenters. The second kappa shape index (κ2) is 9.25. The summed E-state index contributed by atoms with van der Waals surface area (Å²) in [6, 6.07) is 4.10. The number of nitrogens with one attached hydrogen (secondary N) is 1. The van der Waals surface area contributed by atoms with Gasteiger partial charge in [-0.1, -0.05) is 32.4 Å². The topological polar surface area (TPSA) is 21.3 Å². The van der Waals surface area contributed by atoms with E-state index in [1.807, 2.05) is 13.0 Å². The van der Waals surface area contributed by atoms with E-state index < -0.39 is 0 Å². The van der Waals surface area contributed by atoms with Crippen LogP contribution < -0.4 is 10.1 Å². The molecule has 20 heavy (non-hydrogen) atoms. The Morgan fingerprint density at radius 2 is 1.95 bits per heavy atom. The van der Waals surface area contributed by atoms with Crippen molar-refractivity contribution in [3.05, 3.63) is 28.3 Å². The van der Waals surface area contributed by atoms with Gasteiger partial charge in [0.1, 0.15) is 5.75 Å². The first-order valence-corrected chi connectivity index (χ1v) is 8.07. The lowest BCUT2D eigenvalue weighted by Crippen LogP contribution is -2.16. The normalized spacial score (nSPS) is 11.1. The molecule has 0 aliphatic rings. The molecule has 0 aliphatic carbocycles. The lowest BCUT2D eigenvalue weighted by Gasteiger charge is -2.16. The van der Waals surface area contributed by atoms with E-state index in [0.717, 1.165) is 48.9 Å². The molecule has 1 N–H and O–H groups in total. The van der Waals surface area contributed by atoms with Crippen LogP contribution in [0.2, 0.25) is 5.02 Å². The summed E-state index contributed by atoms with van der Waals surface area (Å²) in [5, 5.41) is 4.23. The third-order valence-corrected chi connectivity index (χ3v) is 3.75. The highest BCUT2D eigenvalue weighted by molar-refractivity contribution is 6.31. The van der Waals surface area contributed by atoms with Gasteiger partial charge >= 0.3 is 0 Å². The van der Waals surface area contributed by atoms with Crippen LogP contribution in [-0.2, 0) is 0 Å². The Labute approximate surface area is 128 Å². The van der Waals surface area contributed by atoms with E-state index in [4.69, 9.17) is 16.3 Å². The molecule has 0 bridgehead atoms. The average molecular weight is 298 g/mol. The van der Waals surface area contributed by atoms with Crippen molar-refractivity contribution < 1.29 is 4.74 Å². The highest BCUT2D eigenvalue weighted by Crippen LogP contribution is 2.32. The van der Waals surface area contributed by atoms with Gasteiger partial charge in [0.25, 0.3) is 0 Å². The Kier molecular flexibility index (Phi) is 8.01. The maximum atomic E-state index is 6.20. The second-order valence-corrected chi connectivity index (χ2v) is 6.01. The van der Waals surface area contributed by atoms with Crippen molar-refractivity contribution in [3.8, 4) is 5.75 Å². The predicted molar refractivity (Wildman–Crippen MR) is 88.2 cm³/mol. The minimum Gasteiger partial charge on any atom is -0.493 e. The zero-order valence-corrected chi connectivity index (χ0v) is 14.0. The van der Waals surface area contributed by atoms with Crippen molar-refractivity contribution in [1.82, 2.24) is 5.32 Å². The fourth-order valence-corrected chi connectivity index (χ4v) is 2.25. The summed E-state index contributed by atoms with van der Waals surface area (Å²) in [6.45, 7) is 11.5. The zero-order valence-electron chi connectivity index (χ0n) is 13.3. The van der Waals surface area contributed by atoms with Gasteiger partial charge < -0.3 is 10.1 Å². The molecule has 0 saturated heterocycles. The molecule has 0 atom stereocenters. The first-order valence-electron chi connectivity index (χ1n) is 7.69. The number of benzene rings is 1. The number of hydrogen-bond donors (Lipinski definition) is 1. The number of hydrogen-bond acceptors (Lipinski definition) is 2. The van der Waals surface area contributed by atoms with Crippen LogP contribution in [-0.4, -0.2) is 19.7 Å². The summed E-state index contributed by atoms with van der Waals surface area (Å²) in [5.74, 6) is 1.41. The smallest absolute Gasteiger partial charge is 0.123 e. The van der Waals surface area contributed by atoms with Crippen LogP contribution in [0.25, 0.3) is 0 Å². The van der Waals surface area contributed by atoms with Gasteiger partial charge in [-0.3, -0.25) is 0 Å². The molecule has 0 saturated carbocycles. The Morgan fingerprint density at radius 3 is 2.60 bits per heavy atom. The standard InChI is InChI=1S/C17H28ClNO/c1-5-8-19-9-6-7-10-20-17-11-14(4)16(18)12-15(17)13(2)3/h11-13,19H,5-10H2,1-4H3. The predicted octanol–water partition coefficient (Wildman–Crippen LogP) is 4.93. The number of rotatable bonds is 9. The van der Waals surface area contributed by atoms with Crippen LogP contribution in [0.15, 0.2) is 12.1 Å². The zero-order chi connectivity index (χ0) is 15.0. The second-order valence-electron chi connectivity index (χ2n) is 5.60. The minimum atomic E-state index is 0.425. The molecule has 3 heteroatoms. The van der Waals surface area contributed by atoms with E-state index in [1.54, 1.807) is 0 Å². The van der Waals surface area contributed by atoms with Crippen LogP contribution >= 0.6 is 11.6 Å². The van der Waals surface area contributed by atoms with E-state index in [0.29, 0.717) is 5.92 Å². The van der Waals surface area contributed by atoms with Crippen LogP contribution in [0.1, 0.15) is 57.1 Å². The molecule has 0 amide bonds. The molecule has 0 heterocycles. The van der Waals surface area contributed by atoms with E-state index in [1.165, 1.54) is 12.0 Å². The van der Waals surface area contributed by atoms with Gasteiger partial charge in [-0.25, -0.2) is 0 Å². The molecule has 0 aromatic heterocycles. The van der Waals surface area contributed by atoms with E-state index in [9.17, 15) is 0 Å². The number of ether oxygens (including phenoxy) is 1. The molecule has 0 radical (unpaired) electrons. The fourth-order valence-electron chi connectivity index (χ4n) is 2.08. The Morgan fingerprint density at radius 1 is 1.20 bits per heavy atom. The van der Waals surface area contributed by atoms with Gasteiger partial charge in [-0.15, -0.1) is 0 Å². The van der Waals surface area contributed by atoms with Gasteiger partial charge in [0.15, 0.2) is 0 Å². The van der Waals surface area contributed by atoms with Crippen LogP contribution in [0, 0.1) is 6.92 Å². The highest BCUT2D eigenvalue weighted by atomic mass is 35.5. The highest BCUT2D eigenvalue weighted by Gasteiger charge is 2.10. The van der Waals surface area contributed by atoms with Crippen LogP contribution in [0.5, 0.6) is 5.75 Å². The van der Waals surface area contributed by atoms with Gasteiger partial charge in [0.05, 0.1) is 6.61 Å². The molecule has 2 nitrogen and oxygen atoms in total. The Balaban J connectivity index is 2.45. The molecule has 1 rings (SSSR count). The number of aryl methyl sites for hydroxylation is 1. The van der Waals surface area contributed by atoms with Crippen molar-refractivity contribution in [2.75, 3.05) is 19.7 Å². The molecular weight excluding hydrogens is 270 g/mol. The van der Waals surface area contributed by atoms with Crippen LogP contribution in [0.4, 0.5) is 0 Å². The average Bonchev–Trinajstić information content (AvgIpc) is 2.41. The first-order chi connectivity index (χ1) is 9.56. The van der Waals surface area contributed by atoms with Gasteiger partial charge in [0.2, 0.25) is 0 Å². The molecule has 1 aromatic carbocycles. The van der Waals surface area contributed by atoms with E-state index >= 15 is 0 Å². The molecular formula is C17H28ClNO. The van der Waals surface area contributed by atoms with Crippen molar-refractivity contribution in [3.63, 3.8) is 0 Å². The third-order valence-electron chi connectivity index (χ3n) is 3.35. The van der Waals surface area contributed by atoms with Crippen molar-refractivity contribution >= 4 is 11.6 Å². The van der Waals surface area contributed by atoms with E-state index in [-0.39, 0.29) is 0 Å². The SMILES string of the molecule is CCCNCCCCOc1cc(C)c(Cl)cc1C(C)C. The van der Waals surface area contributed by atoms with Gasteiger partial charge in [-0.05, 0) is 68.5 Å². The van der Waals surface area contributed by atoms with Gasteiger partial charge in [0, 0.05) is 5.02 Å². The summed E-state index contributed by atoms with van der Waals surface area (Å²) in [6.07, 6.45) is 3.43. The lowest BCUT2D eigenvalue weighted by atomic mass is 10.0. The number of unbranched alkanes of at least 4 members (excludes halogenated alkanes) is 1. The summed E-state index contributed by atoms with van der Waals surface area (Å²) in [7, 11) is 0. The molecule has 1 aromatic rings. The van der Waals surface area contributed by atoms with Crippen LogP contribution in [0.3, 0.4) is 0 Å². The summed E-state index contributed by atoms with van der Waals surface area (Å²) in [5.41, 5.74) is 2.28. The Bertz CT molecular complexity index is 404. The quantitative estimate of drug-likeness (QED) is 0.653. The summed E-state index contributed by atoms with van der Waals surface area (Å²) in [4.78, 5) is 0. The van der Waals surface area contributed by atoms with Gasteiger partial charge in [-0.2, -0.15) is 0 Å². The maximum Gasteiger partial charge on any atom is 0.123 e. The Hall–Kier alpha value is -0.730. The number of halogens is 1. The summed E-state index contributed by atoms with van der Waals surface area (Å²) < 4.78 is 5.95. The molecule has 0 fully saturated rings. The molecule has 0 spiro atoms. The first kappa shape index (κ1) is 17.3. The lowest BCUT2D eigenvalue weighted by molar-refractivity contribution is 0.301. The summed E-state index contributed by atoms with van der Waals surface area (Å²) >= 11 is 6.20. The third kappa shape index (κ3) is 5.72. The van der Waals surface area contributed by atoms with Crippen molar-refractivity contribution in [1.29, 1.82) is 0 Å². The molecule has 114 valence electrons. The molecule has 0 aliphatic heterocycles. The minimum absolute atomic E-state index is 0.425. The van der Waals surface area contributed by atoms with Crippen molar-refractivity contribution in [2.24, 2.45) is 0 Å². The largest absolute Gasteiger partial charge is 0.493 e. The maximum absolute atomic E-state index is 6.20. The fraction of sp³-hybridized carbons (Fsp3) is 0.647. The monoisotopic (exact) mass is 297 g/mol. The van der Waals surface area contributed by atoms with Crippen molar-refractivity contribution in [2.45, 2.75) is 52.9 Å².